The summed E-state index contributed by atoms with van der Waals surface area (Å²) in [5.41, 5.74) is -1.15. The van der Waals surface area contributed by atoms with Crippen LogP contribution in [0.3, 0.4) is 0 Å². The van der Waals surface area contributed by atoms with Gasteiger partial charge in [-0.1, -0.05) is 12.1 Å². The highest BCUT2D eigenvalue weighted by Crippen LogP contribution is 2.18. The smallest absolute Gasteiger partial charge is 0.240 e. The molecule has 0 bridgehead atoms. The van der Waals surface area contributed by atoms with Gasteiger partial charge >= 0.3 is 0 Å². The monoisotopic (exact) mass is 253 g/mol. The fraction of sp³-hybridized carbons (Fsp3) is 0.583. The van der Waals surface area contributed by atoms with Crippen LogP contribution >= 0.6 is 0 Å². The van der Waals surface area contributed by atoms with E-state index in [1.54, 1.807) is 26.8 Å². The summed E-state index contributed by atoms with van der Waals surface area (Å²) in [7, 11) is 0. The quantitative estimate of drug-likeness (QED) is 0.778. The van der Waals surface area contributed by atoms with Crippen molar-refractivity contribution >= 4 is 17.6 Å². The van der Waals surface area contributed by atoms with Gasteiger partial charge in [0.2, 0.25) is 11.8 Å². The topological polar surface area (TPSA) is 84.2 Å². The van der Waals surface area contributed by atoms with Crippen LogP contribution in [0.15, 0.2) is 10.6 Å². The molecule has 1 aromatic heterocycles. The van der Waals surface area contributed by atoms with Crippen LogP contribution < -0.4 is 10.6 Å². The van der Waals surface area contributed by atoms with Crippen LogP contribution in [0.2, 0.25) is 0 Å². The SMILES string of the molecule is CCCNC(=O)C(C)(C)C(=O)Nc1cc(C)on1. The lowest BCUT2D eigenvalue weighted by Crippen LogP contribution is -2.45. The average Bonchev–Trinajstić information content (AvgIpc) is 2.71. The Morgan fingerprint density at radius 3 is 2.56 bits per heavy atom. The number of hydrogen-bond acceptors (Lipinski definition) is 4. The summed E-state index contributed by atoms with van der Waals surface area (Å²) in [4.78, 5) is 23.8. The van der Waals surface area contributed by atoms with Gasteiger partial charge in [-0.15, -0.1) is 0 Å². The fourth-order valence-electron chi connectivity index (χ4n) is 1.26. The van der Waals surface area contributed by atoms with E-state index in [1.807, 2.05) is 6.92 Å². The molecule has 6 heteroatoms. The van der Waals surface area contributed by atoms with Gasteiger partial charge in [-0.2, -0.15) is 0 Å². The molecule has 0 spiro atoms. The summed E-state index contributed by atoms with van der Waals surface area (Å²) in [6, 6.07) is 1.60. The lowest BCUT2D eigenvalue weighted by Gasteiger charge is -2.21. The Bertz CT molecular complexity index is 438. The van der Waals surface area contributed by atoms with Gasteiger partial charge in [0.05, 0.1) is 0 Å². The minimum atomic E-state index is -1.15. The highest BCUT2D eigenvalue weighted by molar-refractivity contribution is 6.09. The molecule has 0 aliphatic carbocycles. The standard InChI is InChI=1S/C12H19N3O3/c1-5-6-13-10(16)12(3,4)11(17)14-9-7-8(2)18-15-9/h7H,5-6H2,1-4H3,(H,13,16)(H,14,15,17). The first-order valence-electron chi connectivity index (χ1n) is 5.91. The van der Waals surface area contributed by atoms with Gasteiger partial charge in [0.25, 0.3) is 0 Å². The Morgan fingerprint density at radius 1 is 1.39 bits per heavy atom. The Hall–Kier alpha value is -1.85. The summed E-state index contributed by atoms with van der Waals surface area (Å²) < 4.78 is 4.84. The summed E-state index contributed by atoms with van der Waals surface area (Å²) in [5, 5.41) is 8.91. The van der Waals surface area contributed by atoms with Crippen LogP contribution in [0.25, 0.3) is 0 Å². The molecule has 0 atom stereocenters. The van der Waals surface area contributed by atoms with E-state index in [0.29, 0.717) is 18.1 Å². The Labute approximate surface area is 106 Å². The van der Waals surface area contributed by atoms with Crippen molar-refractivity contribution in [2.45, 2.75) is 34.1 Å². The van der Waals surface area contributed by atoms with Gasteiger partial charge in [0.15, 0.2) is 5.82 Å². The van der Waals surface area contributed by atoms with Crippen LogP contribution in [0.5, 0.6) is 0 Å². The maximum atomic E-state index is 12.0. The number of amides is 2. The fourth-order valence-corrected chi connectivity index (χ4v) is 1.26. The maximum Gasteiger partial charge on any atom is 0.240 e. The minimum absolute atomic E-state index is 0.304. The Balaban J connectivity index is 2.66. The number of nitrogens with one attached hydrogen (secondary N) is 2. The van der Waals surface area contributed by atoms with Crippen LogP contribution in [0, 0.1) is 12.3 Å². The van der Waals surface area contributed by atoms with E-state index in [4.69, 9.17) is 4.52 Å². The molecule has 0 aliphatic heterocycles. The van der Waals surface area contributed by atoms with E-state index >= 15 is 0 Å². The third-order valence-corrected chi connectivity index (χ3v) is 2.54. The number of nitrogens with zero attached hydrogens (tertiary/aromatic N) is 1. The van der Waals surface area contributed by atoms with Crippen molar-refractivity contribution in [3.63, 3.8) is 0 Å². The predicted octanol–water partition coefficient (Wildman–Crippen LogP) is 1.47. The molecule has 0 radical (unpaired) electrons. The molecule has 6 nitrogen and oxygen atoms in total. The third-order valence-electron chi connectivity index (χ3n) is 2.54. The van der Waals surface area contributed by atoms with E-state index in [-0.39, 0.29) is 5.91 Å². The zero-order valence-electron chi connectivity index (χ0n) is 11.2. The predicted molar refractivity (Wildman–Crippen MR) is 67.0 cm³/mol. The molecule has 2 amide bonds. The lowest BCUT2D eigenvalue weighted by molar-refractivity contribution is -0.138. The second-order valence-electron chi connectivity index (χ2n) is 4.66. The molecule has 0 fully saturated rings. The molecule has 0 aromatic carbocycles. The number of rotatable bonds is 5. The number of aryl methyl sites for hydroxylation is 1. The molecular formula is C12H19N3O3. The average molecular weight is 253 g/mol. The van der Waals surface area contributed by atoms with Gasteiger partial charge in [0.1, 0.15) is 11.2 Å². The Morgan fingerprint density at radius 2 is 2.06 bits per heavy atom. The van der Waals surface area contributed by atoms with Crippen molar-refractivity contribution < 1.29 is 14.1 Å². The van der Waals surface area contributed by atoms with Crippen molar-refractivity contribution in [1.82, 2.24) is 10.5 Å². The highest BCUT2D eigenvalue weighted by atomic mass is 16.5. The zero-order chi connectivity index (χ0) is 13.8. The number of aromatic nitrogens is 1. The molecule has 1 rings (SSSR count). The zero-order valence-corrected chi connectivity index (χ0v) is 11.2. The van der Waals surface area contributed by atoms with Crippen molar-refractivity contribution in [1.29, 1.82) is 0 Å². The van der Waals surface area contributed by atoms with Crippen molar-refractivity contribution in [2.75, 3.05) is 11.9 Å². The van der Waals surface area contributed by atoms with Gasteiger partial charge in [0, 0.05) is 12.6 Å². The van der Waals surface area contributed by atoms with Crippen molar-refractivity contribution in [3.8, 4) is 0 Å². The van der Waals surface area contributed by atoms with E-state index in [9.17, 15) is 9.59 Å². The molecule has 1 aromatic rings. The largest absolute Gasteiger partial charge is 0.360 e. The third kappa shape index (κ3) is 3.32. The molecule has 0 saturated carbocycles. The summed E-state index contributed by atoms with van der Waals surface area (Å²) >= 11 is 0. The van der Waals surface area contributed by atoms with Crippen LogP contribution in [-0.4, -0.2) is 23.5 Å². The van der Waals surface area contributed by atoms with Gasteiger partial charge in [-0.3, -0.25) is 9.59 Å². The lowest BCUT2D eigenvalue weighted by atomic mass is 9.91. The van der Waals surface area contributed by atoms with Crippen LogP contribution in [0.1, 0.15) is 33.0 Å². The summed E-state index contributed by atoms with van der Waals surface area (Å²) in [5.74, 6) is 0.193. The number of anilines is 1. The minimum Gasteiger partial charge on any atom is -0.360 e. The van der Waals surface area contributed by atoms with Crippen LogP contribution in [0.4, 0.5) is 5.82 Å². The number of carbonyl (C=O) groups excluding carboxylic acids is 2. The molecule has 100 valence electrons. The van der Waals surface area contributed by atoms with Crippen molar-refractivity contribution in [2.24, 2.45) is 5.41 Å². The van der Waals surface area contributed by atoms with Crippen LogP contribution in [-0.2, 0) is 9.59 Å². The van der Waals surface area contributed by atoms with Gasteiger partial charge in [-0.05, 0) is 27.2 Å². The maximum absolute atomic E-state index is 12.0. The van der Waals surface area contributed by atoms with E-state index in [1.165, 1.54) is 0 Å². The molecule has 0 saturated heterocycles. The molecular weight excluding hydrogens is 234 g/mol. The first kappa shape index (κ1) is 14.2. The number of carbonyl (C=O) groups is 2. The Kier molecular flexibility index (Phi) is 4.47. The van der Waals surface area contributed by atoms with Gasteiger partial charge in [-0.25, -0.2) is 0 Å². The van der Waals surface area contributed by atoms with Gasteiger partial charge < -0.3 is 15.2 Å². The molecule has 0 unspecified atom stereocenters. The molecule has 18 heavy (non-hydrogen) atoms. The first-order valence-corrected chi connectivity index (χ1v) is 5.91. The second kappa shape index (κ2) is 5.66. The van der Waals surface area contributed by atoms with E-state index < -0.39 is 11.3 Å². The molecule has 1 heterocycles. The molecule has 0 aliphatic rings. The normalized spacial score (nSPS) is 11.1. The molecule has 2 N–H and O–H groups in total. The summed E-state index contributed by atoms with van der Waals surface area (Å²) in [6.45, 7) is 7.37. The first-order chi connectivity index (χ1) is 8.37. The number of hydrogen-bond donors (Lipinski definition) is 2. The van der Waals surface area contributed by atoms with E-state index in [2.05, 4.69) is 15.8 Å². The second-order valence-corrected chi connectivity index (χ2v) is 4.66. The highest BCUT2D eigenvalue weighted by Gasteiger charge is 2.36. The van der Waals surface area contributed by atoms with Crippen molar-refractivity contribution in [3.05, 3.63) is 11.8 Å². The van der Waals surface area contributed by atoms with E-state index in [0.717, 1.165) is 6.42 Å². The summed E-state index contributed by atoms with van der Waals surface area (Å²) in [6.07, 6.45) is 0.825.